The number of nitrogens with zero attached hydrogens (tertiary/aromatic N) is 3. The van der Waals surface area contributed by atoms with E-state index in [0.717, 1.165) is 31.6 Å². The van der Waals surface area contributed by atoms with E-state index in [1.165, 1.54) is 31.2 Å². The second-order valence-electron chi connectivity index (χ2n) is 7.00. The van der Waals surface area contributed by atoms with Crippen molar-refractivity contribution in [3.05, 3.63) is 47.7 Å². The van der Waals surface area contributed by atoms with E-state index < -0.39 is 11.6 Å². The normalized spacial score (nSPS) is 17.9. The number of amides is 1. The van der Waals surface area contributed by atoms with Crippen LogP contribution in [0.2, 0.25) is 0 Å². The Hall–Kier alpha value is -2.48. The molecule has 1 aromatic heterocycles. The third-order valence-corrected chi connectivity index (χ3v) is 4.91. The maximum absolute atomic E-state index is 13.6. The van der Waals surface area contributed by atoms with Gasteiger partial charge in [0.25, 0.3) is 5.91 Å². The van der Waals surface area contributed by atoms with Crippen LogP contribution in [0.25, 0.3) is 0 Å². The average Bonchev–Trinajstić information content (AvgIpc) is 3.37. The summed E-state index contributed by atoms with van der Waals surface area (Å²) in [5, 5.41) is 0. The number of carbonyl (C=O) groups is 1. The van der Waals surface area contributed by atoms with Gasteiger partial charge in [-0.05, 0) is 30.9 Å². The highest BCUT2D eigenvalue weighted by Crippen LogP contribution is 2.30. The number of rotatable bonds is 6. The second-order valence-corrected chi connectivity index (χ2v) is 7.00. The molecule has 8 heteroatoms. The van der Waals surface area contributed by atoms with Gasteiger partial charge in [-0.2, -0.15) is 4.39 Å². The molecule has 0 unspecified atom stereocenters. The molecular formula is C19H21F2N3O3. The Bertz CT molecular complexity index is 814. The second kappa shape index (κ2) is 7.64. The van der Waals surface area contributed by atoms with Crippen LogP contribution in [-0.4, -0.2) is 53.4 Å². The van der Waals surface area contributed by atoms with Gasteiger partial charge in [0.2, 0.25) is 11.7 Å². The number of benzene rings is 1. The molecule has 1 saturated heterocycles. The molecule has 2 heterocycles. The number of piperazine rings is 1. The summed E-state index contributed by atoms with van der Waals surface area (Å²) in [5.74, 6) is -1.50. The summed E-state index contributed by atoms with van der Waals surface area (Å²) in [4.78, 5) is 20.8. The zero-order chi connectivity index (χ0) is 18.8. The highest BCUT2D eigenvalue weighted by molar-refractivity contribution is 5.92. The monoisotopic (exact) mass is 377 g/mol. The van der Waals surface area contributed by atoms with Crippen LogP contribution in [0.5, 0.6) is 5.75 Å². The van der Waals surface area contributed by atoms with Crippen molar-refractivity contribution in [2.24, 2.45) is 5.92 Å². The Kier molecular flexibility index (Phi) is 5.07. The van der Waals surface area contributed by atoms with Gasteiger partial charge in [-0.3, -0.25) is 9.69 Å². The molecule has 1 aliphatic heterocycles. The first-order chi connectivity index (χ1) is 13.1. The van der Waals surface area contributed by atoms with E-state index in [0.29, 0.717) is 13.1 Å². The van der Waals surface area contributed by atoms with E-state index in [9.17, 15) is 13.6 Å². The van der Waals surface area contributed by atoms with Gasteiger partial charge < -0.3 is 14.1 Å². The minimum atomic E-state index is -1.07. The van der Waals surface area contributed by atoms with Crippen LogP contribution < -0.4 is 4.74 Å². The predicted octanol–water partition coefficient (Wildman–Crippen LogP) is 2.70. The molecule has 144 valence electrons. The van der Waals surface area contributed by atoms with Crippen molar-refractivity contribution >= 4 is 5.91 Å². The van der Waals surface area contributed by atoms with Gasteiger partial charge in [-0.15, -0.1) is 0 Å². The molecule has 1 saturated carbocycles. The first kappa shape index (κ1) is 17.9. The molecule has 1 amide bonds. The van der Waals surface area contributed by atoms with E-state index in [1.54, 1.807) is 4.90 Å². The van der Waals surface area contributed by atoms with Crippen molar-refractivity contribution in [1.82, 2.24) is 14.8 Å². The lowest BCUT2D eigenvalue weighted by atomic mass is 10.2. The van der Waals surface area contributed by atoms with Crippen LogP contribution in [0, 0.1) is 17.6 Å². The van der Waals surface area contributed by atoms with Gasteiger partial charge in [0.15, 0.2) is 23.9 Å². The standard InChI is InChI=1S/C19H21F2N3O3/c20-14-2-1-3-16(18(14)21)26-12-17-22-15(11-27-17)19(25)24-8-6-23(7-9-24)10-13-4-5-13/h1-3,11,13H,4-10,12H2. The van der Waals surface area contributed by atoms with Crippen LogP contribution >= 0.6 is 0 Å². The molecule has 0 bridgehead atoms. The Balaban J connectivity index is 1.30. The molecule has 0 radical (unpaired) electrons. The number of hydrogen-bond acceptors (Lipinski definition) is 5. The Morgan fingerprint density at radius 2 is 2.00 bits per heavy atom. The van der Waals surface area contributed by atoms with Crippen LogP contribution in [0.1, 0.15) is 29.2 Å². The number of aromatic nitrogens is 1. The summed E-state index contributed by atoms with van der Waals surface area (Å²) in [6, 6.07) is 3.67. The van der Waals surface area contributed by atoms with Gasteiger partial charge in [-0.1, -0.05) is 6.07 Å². The Morgan fingerprint density at radius 3 is 2.74 bits per heavy atom. The lowest BCUT2D eigenvalue weighted by molar-refractivity contribution is 0.0626. The number of halogens is 2. The van der Waals surface area contributed by atoms with Crippen molar-refractivity contribution in [1.29, 1.82) is 0 Å². The summed E-state index contributed by atoms with van der Waals surface area (Å²) in [6.45, 7) is 4.01. The Morgan fingerprint density at radius 1 is 1.22 bits per heavy atom. The number of carbonyl (C=O) groups excluding carboxylic acids is 1. The van der Waals surface area contributed by atoms with Crippen molar-refractivity contribution in [3.63, 3.8) is 0 Å². The first-order valence-electron chi connectivity index (χ1n) is 9.13. The molecule has 4 rings (SSSR count). The van der Waals surface area contributed by atoms with Crippen LogP contribution in [-0.2, 0) is 6.61 Å². The summed E-state index contributed by atoms with van der Waals surface area (Å²) < 4.78 is 37.2. The summed E-state index contributed by atoms with van der Waals surface area (Å²) in [7, 11) is 0. The highest BCUT2D eigenvalue weighted by Gasteiger charge is 2.28. The van der Waals surface area contributed by atoms with Crippen LogP contribution in [0.15, 0.2) is 28.9 Å². The first-order valence-corrected chi connectivity index (χ1v) is 9.13. The zero-order valence-electron chi connectivity index (χ0n) is 14.9. The molecule has 2 fully saturated rings. The lowest BCUT2D eigenvalue weighted by Gasteiger charge is -2.34. The molecule has 0 spiro atoms. The van der Waals surface area contributed by atoms with Crippen molar-refractivity contribution in [2.75, 3.05) is 32.7 Å². The average molecular weight is 377 g/mol. The van der Waals surface area contributed by atoms with Crippen molar-refractivity contribution < 1.29 is 22.7 Å². The third kappa shape index (κ3) is 4.27. The summed E-state index contributed by atoms with van der Waals surface area (Å²) >= 11 is 0. The van der Waals surface area contributed by atoms with Crippen molar-refractivity contribution in [3.8, 4) is 5.75 Å². The topological polar surface area (TPSA) is 58.8 Å². The number of hydrogen-bond donors (Lipinski definition) is 0. The molecule has 2 aliphatic rings. The lowest BCUT2D eigenvalue weighted by Crippen LogP contribution is -2.49. The fraction of sp³-hybridized carbons (Fsp3) is 0.474. The van der Waals surface area contributed by atoms with E-state index in [4.69, 9.17) is 9.15 Å². The van der Waals surface area contributed by atoms with Gasteiger partial charge in [-0.25, -0.2) is 9.37 Å². The molecule has 27 heavy (non-hydrogen) atoms. The maximum atomic E-state index is 13.6. The minimum Gasteiger partial charge on any atom is -0.481 e. The molecule has 0 N–H and O–H groups in total. The quantitative estimate of drug-likeness (QED) is 0.775. The largest absolute Gasteiger partial charge is 0.481 e. The maximum Gasteiger partial charge on any atom is 0.275 e. The summed E-state index contributed by atoms with van der Waals surface area (Å²) in [5.41, 5.74) is 0.198. The molecular weight excluding hydrogens is 356 g/mol. The molecule has 6 nitrogen and oxygen atoms in total. The van der Waals surface area contributed by atoms with Crippen LogP contribution in [0.3, 0.4) is 0 Å². The Labute approximate surface area is 155 Å². The number of oxazole rings is 1. The molecule has 2 aromatic rings. The predicted molar refractivity (Wildman–Crippen MR) is 92.3 cm³/mol. The SMILES string of the molecule is O=C(c1coc(COc2cccc(F)c2F)n1)N1CCN(CC2CC2)CC1. The molecule has 1 aromatic carbocycles. The van der Waals surface area contributed by atoms with E-state index >= 15 is 0 Å². The molecule has 0 atom stereocenters. The van der Waals surface area contributed by atoms with E-state index in [-0.39, 0.29) is 29.8 Å². The van der Waals surface area contributed by atoms with Gasteiger partial charge >= 0.3 is 0 Å². The van der Waals surface area contributed by atoms with E-state index in [1.807, 2.05) is 0 Å². The smallest absolute Gasteiger partial charge is 0.275 e. The van der Waals surface area contributed by atoms with Crippen LogP contribution in [0.4, 0.5) is 8.78 Å². The summed E-state index contributed by atoms with van der Waals surface area (Å²) in [6.07, 6.45) is 3.92. The fourth-order valence-electron chi connectivity index (χ4n) is 3.17. The number of ether oxygens (including phenoxy) is 1. The minimum absolute atomic E-state index is 0.134. The van der Waals surface area contributed by atoms with Gasteiger partial charge in [0, 0.05) is 32.7 Å². The van der Waals surface area contributed by atoms with E-state index in [2.05, 4.69) is 9.88 Å². The highest BCUT2D eigenvalue weighted by atomic mass is 19.2. The zero-order valence-corrected chi connectivity index (χ0v) is 14.9. The molecule has 1 aliphatic carbocycles. The van der Waals surface area contributed by atoms with Gasteiger partial charge in [0.1, 0.15) is 6.26 Å². The fourth-order valence-corrected chi connectivity index (χ4v) is 3.17. The third-order valence-electron chi connectivity index (χ3n) is 4.91. The van der Waals surface area contributed by atoms with Crippen molar-refractivity contribution in [2.45, 2.75) is 19.4 Å². The van der Waals surface area contributed by atoms with Gasteiger partial charge in [0.05, 0.1) is 0 Å².